The van der Waals surface area contributed by atoms with E-state index in [0.29, 0.717) is 12.2 Å². The number of benzene rings is 1. The molecule has 0 heterocycles. The van der Waals surface area contributed by atoms with Gasteiger partial charge in [-0.3, -0.25) is 0 Å². The van der Waals surface area contributed by atoms with Crippen molar-refractivity contribution in [3.63, 3.8) is 0 Å². The van der Waals surface area contributed by atoms with Crippen LogP contribution in [-0.2, 0) is 6.42 Å². The van der Waals surface area contributed by atoms with Gasteiger partial charge in [0.25, 0.3) is 0 Å². The van der Waals surface area contributed by atoms with Gasteiger partial charge in [-0.1, -0.05) is 24.3 Å². The Bertz CT molecular complexity index is 393. The first-order chi connectivity index (χ1) is 9.10. The Hall–Kier alpha value is -1.40. The molecule has 0 aromatic heterocycles. The van der Waals surface area contributed by atoms with Gasteiger partial charge in [-0.05, 0) is 24.5 Å². The molecule has 3 unspecified atom stereocenters. The van der Waals surface area contributed by atoms with Crippen molar-refractivity contribution >= 4 is 0 Å². The first-order valence-electron chi connectivity index (χ1n) is 6.10. The van der Waals surface area contributed by atoms with Gasteiger partial charge in [0.05, 0.1) is 6.10 Å². The fourth-order valence-corrected chi connectivity index (χ4v) is 1.64. The maximum Gasteiger partial charge on any atom is 0.226 e. The predicted molar refractivity (Wildman–Crippen MR) is 70.7 cm³/mol. The van der Waals surface area contributed by atoms with Gasteiger partial charge in [-0.15, -0.1) is 6.58 Å². The van der Waals surface area contributed by atoms with E-state index in [9.17, 15) is 15.3 Å². The number of para-hydroxylation sites is 1. The quantitative estimate of drug-likeness (QED) is 0.400. The lowest BCUT2D eigenvalue weighted by Crippen LogP contribution is -2.41. The molecular formula is C14H20O5. The van der Waals surface area contributed by atoms with Crippen LogP contribution >= 0.6 is 0 Å². The van der Waals surface area contributed by atoms with Gasteiger partial charge in [0.2, 0.25) is 6.29 Å². The summed E-state index contributed by atoms with van der Waals surface area (Å²) >= 11 is 0. The lowest BCUT2D eigenvalue weighted by Gasteiger charge is -2.24. The van der Waals surface area contributed by atoms with Crippen molar-refractivity contribution in [3.8, 4) is 5.75 Å². The van der Waals surface area contributed by atoms with Crippen molar-refractivity contribution in [2.75, 3.05) is 6.61 Å². The van der Waals surface area contributed by atoms with Crippen LogP contribution in [-0.4, -0.2) is 45.5 Å². The molecule has 3 atom stereocenters. The molecule has 0 fully saturated rings. The van der Waals surface area contributed by atoms with Gasteiger partial charge in [-0.25, -0.2) is 0 Å². The van der Waals surface area contributed by atoms with Crippen molar-refractivity contribution in [1.82, 2.24) is 0 Å². The maximum atomic E-state index is 9.72. The summed E-state index contributed by atoms with van der Waals surface area (Å²) < 4.78 is 5.24. The minimum Gasteiger partial charge on any atom is -0.462 e. The van der Waals surface area contributed by atoms with Crippen molar-refractivity contribution in [3.05, 3.63) is 42.5 Å². The molecule has 0 saturated carbocycles. The zero-order valence-electron chi connectivity index (χ0n) is 10.6. The van der Waals surface area contributed by atoms with E-state index >= 15 is 0 Å². The highest BCUT2D eigenvalue weighted by Gasteiger charge is 2.26. The first kappa shape index (κ1) is 15.7. The van der Waals surface area contributed by atoms with E-state index in [1.54, 1.807) is 18.2 Å². The van der Waals surface area contributed by atoms with E-state index in [2.05, 4.69) is 6.58 Å². The van der Waals surface area contributed by atoms with E-state index in [-0.39, 0.29) is 13.0 Å². The number of hydrogen-bond donors (Lipinski definition) is 4. The second-order valence-corrected chi connectivity index (χ2v) is 4.18. The topological polar surface area (TPSA) is 90.2 Å². The minimum absolute atomic E-state index is 0.0319. The Balaban J connectivity index is 2.70. The maximum absolute atomic E-state index is 9.72. The first-order valence-corrected chi connectivity index (χ1v) is 6.10. The van der Waals surface area contributed by atoms with Crippen LogP contribution in [0.3, 0.4) is 0 Å². The predicted octanol–water partition coefficient (Wildman–Crippen LogP) is 0.216. The SMILES string of the molecule is C=CCc1ccccc1OC(O)C(O)C(O)CCO. The fourth-order valence-electron chi connectivity index (χ4n) is 1.64. The zero-order valence-corrected chi connectivity index (χ0v) is 10.6. The van der Waals surface area contributed by atoms with Crippen molar-refractivity contribution < 1.29 is 25.2 Å². The Labute approximate surface area is 112 Å². The summed E-state index contributed by atoms with van der Waals surface area (Å²) in [5.74, 6) is 0.421. The number of hydrogen-bond acceptors (Lipinski definition) is 5. The van der Waals surface area contributed by atoms with Crippen LogP contribution < -0.4 is 4.74 Å². The standard InChI is InChI=1S/C14H20O5/c1-2-5-10-6-3-4-7-12(10)19-14(18)13(17)11(16)8-9-15/h2-4,6-7,11,13-18H,1,5,8-9H2. The van der Waals surface area contributed by atoms with Crippen LogP contribution in [0.5, 0.6) is 5.75 Å². The molecular weight excluding hydrogens is 248 g/mol. The number of allylic oxidation sites excluding steroid dienone is 1. The summed E-state index contributed by atoms with van der Waals surface area (Å²) in [6.45, 7) is 3.35. The summed E-state index contributed by atoms with van der Waals surface area (Å²) in [7, 11) is 0. The Morgan fingerprint density at radius 1 is 1.21 bits per heavy atom. The smallest absolute Gasteiger partial charge is 0.226 e. The Morgan fingerprint density at radius 2 is 1.89 bits per heavy atom. The monoisotopic (exact) mass is 268 g/mol. The van der Waals surface area contributed by atoms with Gasteiger partial charge < -0.3 is 25.2 Å². The zero-order chi connectivity index (χ0) is 14.3. The van der Waals surface area contributed by atoms with E-state index < -0.39 is 18.5 Å². The third kappa shape index (κ3) is 4.65. The van der Waals surface area contributed by atoms with Crippen LogP contribution in [0.25, 0.3) is 0 Å². The normalized spacial score (nSPS) is 15.6. The summed E-state index contributed by atoms with van der Waals surface area (Å²) in [5.41, 5.74) is 0.820. The molecule has 0 radical (unpaired) electrons. The molecule has 5 heteroatoms. The highest BCUT2D eigenvalue weighted by Crippen LogP contribution is 2.21. The number of ether oxygens (including phenoxy) is 1. The molecule has 106 valence electrons. The molecule has 0 bridgehead atoms. The van der Waals surface area contributed by atoms with E-state index in [0.717, 1.165) is 5.56 Å². The van der Waals surface area contributed by atoms with E-state index in [4.69, 9.17) is 9.84 Å². The molecule has 1 rings (SSSR count). The van der Waals surface area contributed by atoms with Crippen molar-refractivity contribution in [2.45, 2.75) is 31.3 Å². The molecule has 0 saturated heterocycles. The van der Waals surface area contributed by atoms with Crippen LogP contribution in [0.2, 0.25) is 0 Å². The second-order valence-electron chi connectivity index (χ2n) is 4.18. The largest absolute Gasteiger partial charge is 0.462 e. The second kappa shape index (κ2) is 7.91. The van der Waals surface area contributed by atoms with Crippen LogP contribution in [0.4, 0.5) is 0 Å². The molecule has 0 spiro atoms. The average molecular weight is 268 g/mol. The molecule has 19 heavy (non-hydrogen) atoms. The highest BCUT2D eigenvalue weighted by molar-refractivity contribution is 5.34. The van der Waals surface area contributed by atoms with E-state index in [1.807, 2.05) is 12.1 Å². The Morgan fingerprint density at radius 3 is 2.53 bits per heavy atom. The lowest BCUT2D eigenvalue weighted by atomic mass is 10.1. The fraction of sp³-hybridized carbons (Fsp3) is 0.429. The lowest BCUT2D eigenvalue weighted by molar-refractivity contribution is -0.145. The molecule has 4 N–H and O–H groups in total. The molecule has 0 aliphatic carbocycles. The number of aliphatic hydroxyl groups excluding tert-OH is 4. The molecule has 1 aromatic carbocycles. The summed E-state index contributed by atoms with van der Waals surface area (Å²) in [6, 6.07) is 7.05. The van der Waals surface area contributed by atoms with Gasteiger partial charge >= 0.3 is 0 Å². The molecule has 0 amide bonds. The van der Waals surface area contributed by atoms with Gasteiger partial charge in [0.15, 0.2) is 0 Å². The molecule has 1 aromatic rings. The third-order valence-electron chi connectivity index (χ3n) is 2.70. The van der Waals surface area contributed by atoms with Gasteiger partial charge in [-0.2, -0.15) is 0 Å². The minimum atomic E-state index is -1.56. The van der Waals surface area contributed by atoms with Gasteiger partial charge in [0, 0.05) is 6.61 Å². The Kier molecular flexibility index (Phi) is 6.52. The third-order valence-corrected chi connectivity index (χ3v) is 2.70. The number of rotatable bonds is 8. The molecule has 5 nitrogen and oxygen atoms in total. The van der Waals surface area contributed by atoms with Crippen LogP contribution in [0, 0.1) is 0 Å². The van der Waals surface area contributed by atoms with Crippen LogP contribution in [0.1, 0.15) is 12.0 Å². The van der Waals surface area contributed by atoms with Gasteiger partial charge in [0.1, 0.15) is 11.9 Å². The van der Waals surface area contributed by atoms with Crippen molar-refractivity contribution in [1.29, 1.82) is 0 Å². The summed E-state index contributed by atoms with van der Waals surface area (Å²) in [4.78, 5) is 0. The summed E-state index contributed by atoms with van der Waals surface area (Å²) in [5, 5.41) is 37.5. The van der Waals surface area contributed by atoms with Crippen molar-refractivity contribution in [2.24, 2.45) is 0 Å². The number of aliphatic hydroxyl groups is 4. The summed E-state index contributed by atoms with van der Waals surface area (Å²) in [6.07, 6.45) is -2.05. The van der Waals surface area contributed by atoms with E-state index in [1.165, 1.54) is 0 Å². The molecule has 0 aliphatic rings. The average Bonchev–Trinajstić information content (AvgIpc) is 2.40. The molecule has 0 aliphatic heterocycles. The highest BCUT2D eigenvalue weighted by atomic mass is 16.6. The van der Waals surface area contributed by atoms with Crippen LogP contribution in [0.15, 0.2) is 36.9 Å².